The number of carbonyl (C=O) groups is 2. The third-order valence-corrected chi connectivity index (χ3v) is 4.95. The molecule has 0 aliphatic carbocycles. The normalized spacial score (nSPS) is 18.6. The minimum absolute atomic E-state index is 0.0338. The van der Waals surface area contributed by atoms with E-state index >= 15 is 0 Å². The van der Waals surface area contributed by atoms with Crippen molar-refractivity contribution in [3.63, 3.8) is 0 Å². The SMILES string of the molecule is O=C(COc1ccc(Cl)cc1)N[C@H]1CC[C@H](C(=O)NCc2ccc(C(F)(F)F)nc2)OC1. The number of nitrogens with one attached hydrogen (secondary N) is 2. The fraction of sp³-hybridized carbons (Fsp3) is 0.381. The highest BCUT2D eigenvalue weighted by atomic mass is 35.5. The van der Waals surface area contributed by atoms with Crippen molar-refractivity contribution in [1.29, 1.82) is 0 Å². The molecule has 32 heavy (non-hydrogen) atoms. The van der Waals surface area contributed by atoms with Crippen molar-refractivity contribution in [2.75, 3.05) is 13.2 Å². The summed E-state index contributed by atoms with van der Waals surface area (Å²) in [7, 11) is 0. The highest BCUT2D eigenvalue weighted by Gasteiger charge is 2.32. The van der Waals surface area contributed by atoms with Gasteiger partial charge in [-0.25, -0.2) is 0 Å². The Morgan fingerprint density at radius 2 is 1.91 bits per heavy atom. The number of hydrogen-bond donors (Lipinski definition) is 2. The van der Waals surface area contributed by atoms with Crippen LogP contribution in [0.1, 0.15) is 24.1 Å². The van der Waals surface area contributed by atoms with Gasteiger partial charge < -0.3 is 20.1 Å². The number of pyridine rings is 1. The van der Waals surface area contributed by atoms with Crippen LogP contribution in [0.2, 0.25) is 5.02 Å². The Morgan fingerprint density at radius 3 is 2.50 bits per heavy atom. The number of rotatable bonds is 7. The van der Waals surface area contributed by atoms with Gasteiger partial charge in [0, 0.05) is 17.8 Å². The first-order valence-corrected chi connectivity index (χ1v) is 10.2. The van der Waals surface area contributed by atoms with Crippen molar-refractivity contribution in [3.05, 3.63) is 58.9 Å². The first-order chi connectivity index (χ1) is 15.2. The summed E-state index contributed by atoms with van der Waals surface area (Å²) in [6.07, 6.45) is -3.21. The minimum Gasteiger partial charge on any atom is -0.484 e. The molecule has 0 unspecified atom stereocenters. The van der Waals surface area contributed by atoms with Crippen molar-refractivity contribution < 1.29 is 32.2 Å². The fourth-order valence-corrected chi connectivity index (χ4v) is 3.15. The van der Waals surface area contributed by atoms with E-state index in [-0.39, 0.29) is 37.6 Å². The Labute approximate surface area is 187 Å². The second kappa shape index (κ2) is 10.6. The van der Waals surface area contributed by atoms with Crippen LogP contribution in [-0.2, 0) is 27.0 Å². The number of ether oxygens (including phenoxy) is 2. The monoisotopic (exact) mass is 471 g/mol. The molecular formula is C21H21ClF3N3O4. The molecule has 1 aromatic heterocycles. The molecule has 0 bridgehead atoms. The van der Waals surface area contributed by atoms with Crippen LogP contribution in [0.4, 0.5) is 13.2 Å². The molecule has 2 N–H and O–H groups in total. The van der Waals surface area contributed by atoms with E-state index in [1.807, 2.05) is 0 Å². The molecule has 7 nitrogen and oxygen atoms in total. The van der Waals surface area contributed by atoms with E-state index < -0.39 is 18.0 Å². The number of alkyl halides is 3. The van der Waals surface area contributed by atoms with Crippen LogP contribution in [0.5, 0.6) is 5.75 Å². The Balaban J connectivity index is 1.36. The van der Waals surface area contributed by atoms with Gasteiger partial charge in [-0.05, 0) is 48.7 Å². The Morgan fingerprint density at radius 1 is 1.16 bits per heavy atom. The molecule has 1 fully saturated rings. The number of carbonyl (C=O) groups excluding carboxylic acids is 2. The first-order valence-electron chi connectivity index (χ1n) is 9.80. The molecule has 11 heteroatoms. The molecule has 172 valence electrons. The van der Waals surface area contributed by atoms with Gasteiger partial charge in [0.1, 0.15) is 17.5 Å². The number of halogens is 4. The molecule has 1 aliphatic heterocycles. The average Bonchev–Trinajstić information content (AvgIpc) is 2.77. The molecule has 1 aromatic carbocycles. The van der Waals surface area contributed by atoms with E-state index in [1.165, 1.54) is 6.07 Å². The lowest BCUT2D eigenvalue weighted by atomic mass is 10.0. The van der Waals surface area contributed by atoms with Gasteiger partial charge in [-0.2, -0.15) is 13.2 Å². The van der Waals surface area contributed by atoms with E-state index in [2.05, 4.69) is 15.6 Å². The predicted octanol–water partition coefficient (Wildman–Crippen LogP) is 3.11. The largest absolute Gasteiger partial charge is 0.484 e. The van der Waals surface area contributed by atoms with E-state index in [9.17, 15) is 22.8 Å². The van der Waals surface area contributed by atoms with Crippen LogP contribution in [0.25, 0.3) is 0 Å². The number of amides is 2. The number of hydrogen-bond acceptors (Lipinski definition) is 5. The zero-order chi connectivity index (χ0) is 23.1. The molecule has 1 saturated heterocycles. The Hall–Kier alpha value is -2.85. The predicted molar refractivity (Wildman–Crippen MR) is 109 cm³/mol. The van der Waals surface area contributed by atoms with Crippen molar-refractivity contribution in [2.24, 2.45) is 0 Å². The summed E-state index contributed by atoms with van der Waals surface area (Å²) in [6, 6.07) is 8.50. The lowest BCUT2D eigenvalue weighted by molar-refractivity contribution is -0.141. The van der Waals surface area contributed by atoms with Crippen molar-refractivity contribution in [2.45, 2.75) is 37.7 Å². The van der Waals surface area contributed by atoms with Crippen molar-refractivity contribution in [1.82, 2.24) is 15.6 Å². The second-order valence-corrected chi connectivity index (χ2v) is 7.61. The Bertz CT molecular complexity index is 915. The van der Waals surface area contributed by atoms with Gasteiger partial charge in [-0.3, -0.25) is 14.6 Å². The van der Waals surface area contributed by atoms with E-state index in [0.29, 0.717) is 29.2 Å². The summed E-state index contributed by atoms with van der Waals surface area (Å²) < 4.78 is 48.5. The smallest absolute Gasteiger partial charge is 0.433 e. The maximum atomic E-state index is 12.5. The minimum atomic E-state index is -4.51. The molecule has 2 aromatic rings. The summed E-state index contributed by atoms with van der Waals surface area (Å²) in [4.78, 5) is 27.6. The molecule has 0 radical (unpaired) electrons. The zero-order valence-corrected chi connectivity index (χ0v) is 17.6. The summed E-state index contributed by atoms with van der Waals surface area (Å²) in [5.41, 5.74) is -0.553. The number of nitrogens with zero attached hydrogens (tertiary/aromatic N) is 1. The topological polar surface area (TPSA) is 89.5 Å². The number of benzene rings is 1. The van der Waals surface area contributed by atoms with Crippen LogP contribution in [0.15, 0.2) is 42.6 Å². The third kappa shape index (κ3) is 7.10. The van der Waals surface area contributed by atoms with Crippen LogP contribution < -0.4 is 15.4 Å². The molecule has 2 amide bonds. The quantitative estimate of drug-likeness (QED) is 0.647. The first kappa shape index (κ1) is 23.8. The van der Waals surface area contributed by atoms with E-state index in [4.69, 9.17) is 21.1 Å². The molecule has 0 spiro atoms. The summed E-state index contributed by atoms with van der Waals surface area (Å²) in [5.74, 6) is -0.170. The highest BCUT2D eigenvalue weighted by molar-refractivity contribution is 6.30. The molecule has 0 saturated carbocycles. The van der Waals surface area contributed by atoms with Crippen molar-refractivity contribution in [3.8, 4) is 5.75 Å². The lowest BCUT2D eigenvalue weighted by Gasteiger charge is -2.28. The summed E-state index contributed by atoms with van der Waals surface area (Å²) in [6.45, 7) is 0.0296. The maximum Gasteiger partial charge on any atom is 0.433 e. The highest BCUT2D eigenvalue weighted by Crippen LogP contribution is 2.27. The van der Waals surface area contributed by atoms with Gasteiger partial charge in [-0.1, -0.05) is 17.7 Å². The molecule has 3 rings (SSSR count). The molecule has 2 atom stereocenters. The van der Waals surface area contributed by atoms with Gasteiger partial charge in [0.2, 0.25) is 5.91 Å². The van der Waals surface area contributed by atoms with Crippen LogP contribution in [0, 0.1) is 0 Å². The molecule has 1 aliphatic rings. The maximum absolute atomic E-state index is 12.5. The fourth-order valence-electron chi connectivity index (χ4n) is 3.02. The van der Waals surface area contributed by atoms with Crippen molar-refractivity contribution >= 4 is 23.4 Å². The second-order valence-electron chi connectivity index (χ2n) is 7.17. The summed E-state index contributed by atoms with van der Waals surface area (Å²) >= 11 is 5.79. The summed E-state index contributed by atoms with van der Waals surface area (Å²) in [5, 5.41) is 5.98. The van der Waals surface area contributed by atoms with Crippen LogP contribution in [-0.4, -0.2) is 42.2 Å². The third-order valence-electron chi connectivity index (χ3n) is 4.70. The van der Waals surface area contributed by atoms with E-state index in [0.717, 1.165) is 12.3 Å². The lowest BCUT2D eigenvalue weighted by Crippen LogP contribution is -2.48. The van der Waals surface area contributed by atoms with Gasteiger partial charge in [0.05, 0.1) is 12.6 Å². The van der Waals surface area contributed by atoms with Gasteiger partial charge in [0.15, 0.2) is 6.61 Å². The average molecular weight is 472 g/mol. The van der Waals surface area contributed by atoms with Gasteiger partial charge in [0.25, 0.3) is 5.91 Å². The van der Waals surface area contributed by atoms with Gasteiger partial charge in [-0.15, -0.1) is 0 Å². The standard InChI is InChI=1S/C21H21ClF3N3O4/c22-14-2-5-16(6-3-14)31-12-19(29)28-15-4-7-17(32-11-15)20(30)27-10-13-1-8-18(26-9-13)21(23,24)25/h1-3,5-6,8-9,15,17H,4,7,10-12H2,(H,27,30)(H,28,29)/t15-,17+/m0/s1. The Kier molecular flexibility index (Phi) is 7.92. The van der Waals surface area contributed by atoms with Crippen LogP contribution in [0.3, 0.4) is 0 Å². The van der Waals surface area contributed by atoms with E-state index in [1.54, 1.807) is 24.3 Å². The molecular weight excluding hydrogens is 451 g/mol. The van der Waals surface area contributed by atoms with Crippen LogP contribution >= 0.6 is 11.6 Å². The zero-order valence-electron chi connectivity index (χ0n) is 16.8. The molecule has 2 heterocycles. The van der Waals surface area contributed by atoms with Gasteiger partial charge >= 0.3 is 6.18 Å². The number of aromatic nitrogens is 1.